The molecule has 0 heterocycles. The smallest absolute Gasteiger partial charge is 0.338 e. The van der Waals surface area contributed by atoms with Gasteiger partial charge in [-0.3, -0.25) is 4.79 Å². The van der Waals surface area contributed by atoms with E-state index in [0.717, 1.165) is 12.8 Å². The van der Waals surface area contributed by atoms with Gasteiger partial charge in [0.2, 0.25) is 5.91 Å². The topological polar surface area (TPSA) is 55.4 Å². The zero-order chi connectivity index (χ0) is 18.8. The summed E-state index contributed by atoms with van der Waals surface area (Å²) >= 11 is 1.30. The first-order valence-corrected chi connectivity index (χ1v) is 9.53. The SMILES string of the molecule is CCCCOC(=O)c1ccc(NC(=O)CCSc2ccccc2F)cc1. The van der Waals surface area contributed by atoms with Crippen LogP contribution in [-0.2, 0) is 9.53 Å². The zero-order valence-electron chi connectivity index (χ0n) is 14.7. The first kappa shape index (κ1) is 20.0. The molecular formula is C20H22FNO3S. The number of carbonyl (C=O) groups excluding carboxylic acids is 2. The number of carbonyl (C=O) groups is 2. The monoisotopic (exact) mass is 375 g/mol. The van der Waals surface area contributed by atoms with Crippen molar-refractivity contribution in [2.24, 2.45) is 0 Å². The molecule has 0 bridgehead atoms. The normalized spacial score (nSPS) is 10.4. The fourth-order valence-corrected chi connectivity index (χ4v) is 3.01. The molecule has 1 N–H and O–H groups in total. The van der Waals surface area contributed by atoms with Gasteiger partial charge in [-0.1, -0.05) is 25.5 Å². The van der Waals surface area contributed by atoms with Crippen molar-refractivity contribution < 1.29 is 18.7 Å². The average molecular weight is 375 g/mol. The summed E-state index contributed by atoms with van der Waals surface area (Å²) in [4.78, 5) is 24.3. The number of unbranched alkanes of at least 4 members (excludes halogenated alkanes) is 1. The molecule has 4 nitrogen and oxygen atoms in total. The van der Waals surface area contributed by atoms with Gasteiger partial charge in [0.1, 0.15) is 5.82 Å². The molecule has 2 aromatic rings. The number of rotatable bonds is 9. The van der Waals surface area contributed by atoms with Gasteiger partial charge in [0.25, 0.3) is 0 Å². The minimum atomic E-state index is -0.363. The van der Waals surface area contributed by atoms with Crippen LogP contribution in [0.15, 0.2) is 53.4 Å². The third kappa shape index (κ3) is 6.52. The molecule has 0 aliphatic carbocycles. The second kappa shape index (κ2) is 10.6. The summed E-state index contributed by atoms with van der Waals surface area (Å²) in [6.45, 7) is 2.44. The lowest BCUT2D eigenvalue weighted by Gasteiger charge is -2.07. The van der Waals surface area contributed by atoms with Crippen LogP contribution in [-0.4, -0.2) is 24.2 Å². The highest BCUT2D eigenvalue weighted by Gasteiger charge is 2.08. The highest BCUT2D eigenvalue weighted by Crippen LogP contribution is 2.22. The molecule has 26 heavy (non-hydrogen) atoms. The number of hydrogen-bond donors (Lipinski definition) is 1. The van der Waals surface area contributed by atoms with Crippen molar-refractivity contribution in [2.75, 3.05) is 17.7 Å². The lowest BCUT2D eigenvalue weighted by atomic mass is 10.2. The number of amides is 1. The summed E-state index contributed by atoms with van der Waals surface area (Å²) in [5.41, 5.74) is 1.06. The van der Waals surface area contributed by atoms with Gasteiger partial charge in [-0.2, -0.15) is 0 Å². The van der Waals surface area contributed by atoms with Crippen LogP contribution in [0, 0.1) is 5.82 Å². The Hall–Kier alpha value is -2.34. The maximum atomic E-state index is 13.5. The van der Waals surface area contributed by atoms with Crippen LogP contribution < -0.4 is 5.32 Å². The van der Waals surface area contributed by atoms with Crippen LogP contribution in [0.4, 0.5) is 10.1 Å². The first-order valence-electron chi connectivity index (χ1n) is 8.54. The predicted molar refractivity (Wildman–Crippen MR) is 102 cm³/mol. The number of esters is 1. The molecule has 1 amide bonds. The van der Waals surface area contributed by atoms with E-state index in [-0.39, 0.29) is 24.1 Å². The molecule has 0 radical (unpaired) electrons. The number of hydrogen-bond acceptors (Lipinski definition) is 4. The molecule has 0 unspecified atom stereocenters. The molecular weight excluding hydrogens is 353 g/mol. The molecule has 2 aromatic carbocycles. The van der Waals surface area contributed by atoms with Crippen molar-refractivity contribution in [3.8, 4) is 0 Å². The summed E-state index contributed by atoms with van der Waals surface area (Å²) in [6.07, 6.45) is 2.07. The Balaban J connectivity index is 1.76. The van der Waals surface area contributed by atoms with Crippen LogP contribution in [0.3, 0.4) is 0 Å². The van der Waals surface area contributed by atoms with Crippen LogP contribution in [0.25, 0.3) is 0 Å². The molecule has 0 saturated carbocycles. The molecule has 0 aromatic heterocycles. The van der Waals surface area contributed by atoms with Crippen LogP contribution in [0.2, 0.25) is 0 Å². The predicted octanol–water partition coefficient (Wildman–Crippen LogP) is 4.90. The Labute approximate surface area is 157 Å². The number of nitrogens with one attached hydrogen (secondary N) is 1. The Morgan fingerprint density at radius 2 is 1.85 bits per heavy atom. The Bertz CT molecular complexity index is 734. The van der Waals surface area contributed by atoms with Crippen molar-refractivity contribution in [2.45, 2.75) is 31.1 Å². The van der Waals surface area contributed by atoms with E-state index in [1.54, 1.807) is 42.5 Å². The molecule has 0 spiro atoms. The maximum Gasteiger partial charge on any atom is 0.338 e. The van der Waals surface area contributed by atoms with Crippen molar-refractivity contribution in [3.63, 3.8) is 0 Å². The largest absolute Gasteiger partial charge is 0.462 e. The Kier molecular flexibility index (Phi) is 8.15. The molecule has 138 valence electrons. The third-order valence-electron chi connectivity index (χ3n) is 3.56. The molecule has 0 aliphatic rings. The van der Waals surface area contributed by atoms with Crippen molar-refractivity contribution >= 4 is 29.3 Å². The van der Waals surface area contributed by atoms with Gasteiger partial charge in [0, 0.05) is 22.8 Å². The van der Waals surface area contributed by atoms with Crippen molar-refractivity contribution in [1.29, 1.82) is 0 Å². The van der Waals surface area contributed by atoms with E-state index in [1.807, 2.05) is 6.92 Å². The number of thioether (sulfide) groups is 1. The summed E-state index contributed by atoms with van der Waals surface area (Å²) < 4.78 is 18.6. The van der Waals surface area contributed by atoms with Gasteiger partial charge < -0.3 is 10.1 Å². The maximum absolute atomic E-state index is 13.5. The minimum Gasteiger partial charge on any atom is -0.462 e. The van der Waals surface area contributed by atoms with Crippen LogP contribution in [0.5, 0.6) is 0 Å². The number of anilines is 1. The summed E-state index contributed by atoms with van der Waals surface area (Å²) in [5.74, 6) is -0.321. The fourth-order valence-electron chi connectivity index (χ4n) is 2.12. The fraction of sp³-hybridized carbons (Fsp3) is 0.300. The van der Waals surface area contributed by atoms with Gasteiger partial charge >= 0.3 is 5.97 Å². The molecule has 6 heteroatoms. The van der Waals surface area contributed by atoms with E-state index in [2.05, 4.69) is 5.32 Å². The van der Waals surface area contributed by atoms with E-state index in [9.17, 15) is 14.0 Å². The second-order valence-electron chi connectivity index (χ2n) is 5.64. The van der Waals surface area contributed by atoms with Gasteiger partial charge in [-0.25, -0.2) is 9.18 Å². The Morgan fingerprint density at radius 3 is 2.54 bits per heavy atom. The summed E-state index contributed by atoms with van der Waals surface area (Å²) in [6, 6.07) is 13.1. The first-order chi connectivity index (χ1) is 12.6. The third-order valence-corrected chi connectivity index (χ3v) is 4.61. The zero-order valence-corrected chi connectivity index (χ0v) is 15.5. The molecule has 0 fully saturated rings. The second-order valence-corrected chi connectivity index (χ2v) is 6.78. The van der Waals surface area contributed by atoms with E-state index in [4.69, 9.17) is 4.74 Å². The van der Waals surface area contributed by atoms with E-state index >= 15 is 0 Å². The standard InChI is InChI=1S/C20H22FNO3S/c1-2-3-13-25-20(24)15-8-10-16(11-9-15)22-19(23)12-14-26-18-7-5-4-6-17(18)21/h4-11H,2-3,12-14H2,1H3,(H,22,23). The average Bonchev–Trinajstić information content (AvgIpc) is 2.64. The van der Waals surface area contributed by atoms with Gasteiger partial charge in [-0.15, -0.1) is 11.8 Å². The number of ether oxygens (including phenoxy) is 1. The molecule has 0 atom stereocenters. The highest BCUT2D eigenvalue weighted by atomic mass is 32.2. The van der Waals surface area contributed by atoms with Crippen LogP contribution in [0.1, 0.15) is 36.5 Å². The lowest BCUT2D eigenvalue weighted by Crippen LogP contribution is -2.12. The number of benzene rings is 2. The Morgan fingerprint density at radius 1 is 1.12 bits per heavy atom. The van der Waals surface area contributed by atoms with E-state index in [0.29, 0.717) is 28.5 Å². The molecule has 0 aliphatic heterocycles. The minimum absolute atomic E-state index is 0.160. The quantitative estimate of drug-likeness (QED) is 0.385. The highest BCUT2D eigenvalue weighted by molar-refractivity contribution is 7.99. The van der Waals surface area contributed by atoms with Gasteiger partial charge in [0.05, 0.1) is 12.2 Å². The molecule has 0 saturated heterocycles. The molecule has 2 rings (SSSR count). The van der Waals surface area contributed by atoms with Gasteiger partial charge in [-0.05, 0) is 42.8 Å². The van der Waals surface area contributed by atoms with Gasteiger partial charge in [0.15, 0.2) is 0 Å². The summed E-state index contributed by atoms with van der Waals surface area (Å²) in [5, 5.41) is 2.76. The number of halogens is 1. The van der Waals surface area contributed by atoms with E-state index < -0.39 is 0 Å². The summed E-state index contributed by atoms with van der Waals surface area (Å²) in [7, 11) is 0. The lowest BCUT2D eigenvalue weighted by molar-refractivity contribution is -0.115. The van der Waals surface area contributed by atoms with Crippen molar-refractivity contribution in [1.82, 2.24) is 0 Å². The van der Waals surface area contributed by atoms with E-state index in [1.165, 1.54) is 17.8 Å². The van der Waals surface area contributed by atoms with Crippen LogP contribution >= 0.6 is 11.8 Å². The van der Waals surface area contributed by atoms with Crippen molar-refractivity contribution in [3.05, 3.63) is 59.9 Å².